The maximum absolute atomic E-state index is 13.1. The van der Waals surface area contributed by atoms with Crippen LogP contribution in [0.15, 0.2) is 64.7 Å². The molecule has 0 aliphatic rings. The number of carbonyl (C=O) groups excluding carboxylic acids is 1. The number of amides is 1. The summed E-state index contributed by atoms with van der Waals surface area (Å²) in [4.78, 5) is 28.9. The van der Waals surface area contributed by atoms with Crippen LogP contribution in [0.5, 0.6) is 0 Å². The molecule has 3 aromatic rings. The highest BCUT2D eigenvalue weighted by Gasteiger charge is 2.11. The summed E-state index contributed by atoms with van der Waals surface area (Å²) in [6.07, 6.45) is 2.99. The predicted molar refractivity (Wildman–Crippen MR) is 105 cm³/mol. The second kappa shape index (κ2) is 8.18. The summed E-state index contributed by atoms with van der Waals surface area (Å²) in [5.41, 5.74) is 2.95. The van der Waals surface area contributed by atoms with E-state index in [1.54, 1.807) is 0 Å². The van der Waals surface area contributed by atoms with Crippen molar-refractivity contribution in [3.8, 4) is 5.69 Å². The van der Waals surface area contributed by atoms with Crippen LogP contribution in [0.4, 0.5) is 10.1 Å². The number of anilines is 1. The van der Waals surface area contributed by atoms with Crippen molar-refractivity contribution in [3.05, 3.63) is 82.2 Å². The Morgan fingerprint density at radius 3 is 2.67 bits per heavy atom. The number of nitrogens with zero attached hydrogens (tertiary/aromatic N) is 2. The first-order valence-corrected chi connectivity index (χ1v) is 9.26. The van der Waals surface area contributed by atoms with Gasteiger partial charge >= 0.3 is 0 Å². The van der Waals surface area contributed by atoms with E-state index in [0.717, 1.165) is 28.6 Å². The lowest BCUT2D eigenvalue weighted by atomic mass is 10.1. The molecule has 0 saturated heterocycles. The van der Waals surface area contributed by atoms with Gasteiger partial charge in [0.05, 0.1) is 5.75 Å². The molecule has 5 nitrogen and oxygen atoms in total. The SMILES string of the molecule is Cc1ccc(C)c(NC(=O)CSc2nccn(-c3ccc(F)cc3)c2=O)c1. The summed E-state index contributed by atoms with van der Waals surface area (Å²) in [5.74, 6) is -0.533. The van der Waals surface area contributed by atoms with Crippen molar-refractivity contribution < 1.29 is 9.18 Å². The van der Waals surface area contributed by atoms with Gasteiger partial charge in [0, 0.05) is 23.8 Å². The predicted octanol–water partition coefficient (Wildman–Crippen LogP) is 3.72. The fourth-order valence-corrected chi connectivity index (χ4v) is 3.19. The summed E-state index contributed by atoms with van der Waals surface area (Å²) in [6.45, 7) is 3.87. The molecule has 0 fully saturated rings. The van der Waals surface area contributed by atoms with Gasteiger partial charge in [-0.1, -0.05) is 23.9 Å². The van der Waals surface area contributed by atoms with E-state index in [1.165, 1.54) is 41.2 Å². The molecule has 0 radical (unpaired) electrons. The number of halogens is 1. The normalized spacial score (nSPS) is 10.6. The second-order valence-electron chi connectivity index (χ2n) is 6.04. The first-order valence-electron chi connectivity index (χ1n) is 8.27. The van der Waals surface area contributed by atoms with Crippen LogP contribution in [-0.4, -0.2) is 21.2 Å². The average molecular weight is 383 g/mol. The van der Waals surface area contributed by atoms with Crippen molar-refractivity contribution in [3.63, 3.8) is 0 Å². The van der Waals surface area contributed by atoms with Crippen LogP contribution < -0.4 is 10.9 Å². The first-order chi connectivity index (χ1) is 12.9. The minimum absolute atomic E-state index is 0.0586. The summed E-state index contributed by atoms with van der Waals surface area (Å²) < 4.78 is 14.4. The number of hydrogen-bond acceptors (Lipinski definition) is 4. The monoisotopic (exact) mass is 383 g/mol. The Kier molecular flexibility index (Phi) is 5.71. The van der Waals surface area contributed by atoms with Gasteiger partial charge in [-0.15, -0.1) is 0 Å². The molecule has 1 heterocycles. The van der Waals surface area contributed by atoms with Crippen LogP contribution in [0.25, 0.3) is 5.69 Å². The Morgan fingerprint density at radius 1 is 1.19 bits per heavy atom. The van der Waals surface area contributed by atoms with E-state index >= 15 is 0 Å². The van der Waals surface area contributed by atoms with Crippen LogP contribution in [-0.2, 0) is 4.79 Å². The van der Waals surface area contributed by atoms with E-state index in [2.05, 4.69) is 10.3 Å². The van der Waals surface area contributed by atoms with Gasteiger partial charge in [-0.05, 0) is 55.3 Å². The molecule has 138 valence electrons. The topological polar surface area (TPSA) is 64.0 Å². The van der Waals surface area contributed by atoms with Crippen molar-refractivity contribution in [2.75, 3.05) is 11.1 Å². The standard InChI is InChI=1S/C20H18FN3O2S/c1-13-3-4-14(2)17(11-13)23-18(25)12-27-19-20(26)24(10-9-22-19)16-7-5-15(21)6-8-16/h3-11H,12H2,1-2H3,(H,23,25). The number of aryl methyl sites for hydroxylation is 2. The average Bonchev–Trinajstić information content (AvgIpc) is 2.65. The van der Waals surface area contributed by atoms with Crippen LogP contribution in [0, 0.1) is 19.7 Å². The van der Waals surface area contributed by atoms with Crippen molar-refractivity contribution in [1.29, 1.82) is 0 Å². The van der Waals surface area contributed by atoms with Gasteiger partial charge in [0.15, 0.2) is 5.03 Å². The van der Waals surface area contributed by atoms with E-state index in [9.17, 15) is 14.0 Å². The number of nitrogens with one attached hydrogen (secondary N) is 1. The van der Waals surface area contributed by atoms with E-state index in [0.29, 0.717) is 5.69 Å². The molecular weight excluding hydrogens is 365 g/mol. The zero-order valence-electron chi connectivity index (χ0n) is 14.9. The first kappa shape index (κ1) is 18.8. The quantitative estimate of drug-likeness (QED) is 0.682. The van der Waals surface area contributed by atoms with Gasteiger partial charge in [0.2, 0.25) is 5.91 Å². The van der Waals surface area contributed by atoms with Gasteiger partial charge in [0.25, 0.3) is 5.56 Å². The molecule has 0 bridgehead atoms. The van der Waals surface area contributed by atoms with Gasteiger partial charge in [-0.25, -0.2) is 9.37 Å². The minimum atomic E-state index is -0.376. The minimum Gasteiger partial charge on any atom is -0.325 e. The molecule has 0 unspecified atom stereocenters. The molecule has 1 N–H and O–H groups in total. The fourth-order valence-electron chi connectivity index (χ4n) is 2.49. The van der Waals surface area contributed by atoms with E-state index in [4.69, 9.17) is 0 Å². The summed E-state index contributed by atoms with van der Waals surface area (Å²) in [7, 11) is 0. The third-order valence-corrected chi connectivity index (χ3v) is 4.88. The van der Waals surface area contributed by atoms with Gasteiger partial charge in [-0.3, -0.25) is 14.2 Å². The molecule has 0 aliphatic heterocycles. The van der Waals surface area contributed by atoms with E-state index in [1.807, 2.05) is 32.0 Å². The highest BCUT2D eigenvalue weighted by atomic mass is 32.2. The van der Waals surface area contributed by atoms with Crippen molar-refractivity contribution >= 4 is 23.4 Å². The third-order valence-electron chi connectivity index (χ3n) is 3.92. The summed E-state index contributed by atoms with van der Waals surface area (Å²) in [5, 5.41) is 3.06. The number of hydrogen-bond donors (Lipinski definition) is 1. The van der Waals surface area contributed by atoms with Crippen molar-refractivity contribution in [2.24, 2.45) is 0 Å². The largest absolute Gasteiger partial charge is 0.325 e. The lowest BCUT2D eigenvalue weighted by molar-refractivity contribution is -0.113. The molecular formula is C20H18FN3O2S. The van der Waals surface area contributed by atoms with Gasteiger partial charge in [0.1, 0.15) is 5.82 Å². The zero-order chi connectivity index (χ0) is 19.4. The number of aromatic nitrogens is 2. The second-order valence-corrected chi connectivity index (χ2v) is 7.00. The third kappa shape index (κ3) is 4.62. The Labute approximate surface area is 160 Å². The Bertz CT molecular complexity index is 1030. The number of thioether (sulfide) groups is 1. The highest BCUT2D eigenvalue weighted by Crippen LogP contribution is 2.18. The van der Waals surface area contributed by atoms with E-state index in [-0.39, 0.29) is 28.1 Å². The Balaban J connectivity index is 1.72. The van der Waals surface area contributed by atoms with Crippen LogP contribution in [0.2, 0.25) is 0 Å². The lowest BCUT2D eigenvalue weighted by Crippen LogP contribution is -2.22. The van der Waals surface area contributed by atoms with Gasteiger partial charge < -0.3 is 5.32 Å². The number of carbonyl (C=O) groups is 1. The number of rotatable bonds is 5. The number of benzene rings is 2. The zero-order valence-corrected chi connectivity index (χ0v) is 15.7. The summed E-state index contributed by atoms with van der Waals surface area (Å²) >= 11 is 1.07. The smallest absolute Gasteiger partial charge is 0.287 e. The summed E-state index contributed by atoms with van der Waals surface area (Å²) in [6, 6.07) is 11.4. The maximum Gasteiger partial charge on any atom is 0.287 e. The maximum atomic E-state index is 13.1. The molecule has 0 spiro atoms. The van der Waals surface area contributed by atoms with Gasteiger partial charge in [-0.2, -0.15) is 0 Å². The van der Waals surface area contributed by atoms with Crippen LogP contribution >= 0.6 is 11.8 Å². The van der Waals surface area contributed by atoms with Crippen LogP contribution in [0.3, 0.4) is 0 Å². The van der Waals surface area contributed by atoms with Crippen LogP contribution in [0.1, 0.15) is 11.1 Å². The molecule has 0 atom stereocenters. The molecule has 27 heavy (non-hydrogen) atoms. The Morgan fingerprint density at radius 2 is 1.93 bits per heavy atom. The molecule has 0 saturated carbocycles. The Hall–Kier alpha value is -2.93. The molecule has 3 rings (SSSR count). The lowest BCUT2D eigenvalue weighted by Gasteiger charge is -2.10. The van der Waals surface area contributed by atoms with Crippen molar-refractivity contribution in [2.45, 2.75) is 18.9 Å². The molecule has 1 amide bonds. The van der Waals surface area contributed by atoms with Crippen molar-refractivity contribution in [1.82, 2.24) is 9.55 Å². The molecule has 0 aliphatic carbocycles. The fraction of sp³-hybridized carbons (Fsp3) is 0.150. The van der Waals surface area contributed by atoms with E-state index < -0.39 is 0 Å². The molecule has 7 heteroatoms. The molecule has 2 aromatic carbocycles. The highest BCUT2D eigenvalue weighted by molar-refractivity contribution is 7.99. The molecule has 1 aromatic heterocycles.